The van der Waals surface area contributed by atoms with Crippen LogP contribution in [0.5, 0.6) is 23.0 Å². The molecule has 240 valence electrons. The molecule has 0 saturated heterocycles. The summed E-state index contributed by atoms with van der Waals surface area (Å²) in [6.07, 6.45) is -12.3. The van der Waals surface area contributed by atoms with Gasteiger partial charge in [0.1, 0.15) is 23.0 Å². The maximum absolute atomic E-state index is 15.5. The van der Waals surface area contributed by atoms with Gasteiger partial charge in [0.15, 0.2) is 0 Å². The van der Waals surface area contributed by atoms with Crippen LogP contribution in [0.4, 0.5) is 52.7 Å². The molecule has 0 aromatic heterocycles. The summed E-state index contributed by atoms with van der Waals surface area (Å²) in [7, 11) is 0. The zero-order valence-corrected chi connectivity index (χ0v) is 22.1. The number of halogens is 12. The third-order valence-electron chi connectivity index (χ3n) is 6.85. The van der Waals surface area contributed by atoms with Crippen LogP contribution in [0.25, 0.3) is 0 Å². The van der Waals surface area contributed by atoms with Crippen LogP contribution in [0.15, 0.2) is 97.1 Å². The highest BCUT2D eigenvalue weighted by Gasteiger charge is 2.73. The molecule has 0 amide bonds. The van der Waals surface area contributed by atoms with Crippen molar-refractivity contribution in [2.24, 2.45) is 0 Å². The predicted molar refractivity (Wildman–Crippen MR) is 135 cm³/mol. The van der Waals surface area contributed by atoms with E-state index in [9.17, 15) is 36.6 Å². The van der Waals surface area contributed by atoms with Crippen LogP contribution in [0.3, 0.4) is 0 Å². The number of rotatable bonds is 8. The number of phenolic OH excluding ortho intramolecular Hbond substituents is 2. The van der Waals surface area contributed by atoms with Gasteiger partial charge in [0.2, 0.25) is 0 Å². The van der Waals surface area contributed by atoms with E-state index in [1.165, 1.54) is 0 Å². The van der Waals surface area contributed by atoms with Gasteiger partial charge in [-0.2, -0.15) is 43.9 Å². The van der Waals surface area contributed by atoms with Crippen LogP contribution in [0, 0.1) is 0 Å². The van der Waals surface area contributed by atoms with Crippen molar-refractivity contribution >= 4 is 0 Å². The molecule has 4 aromatic rings. The van der Waals surface area contributed by atoms with Gasteiger partial charge in [0, 0.05) is 22.3 Å². The van der Waals surface area contributed by atoms with Crippen LogP contribution in [-0.2, 0) is 23.2 Å². The number of ether oxygens (including phenoxy) is 1. The van der Waals surface area contributed by atoms with Gasteiger partial charge in [-0.25, -0.2) is 8.78 Å². The van der Waals surface area contributed by atoms with E-state index in [0.29, 0.717) is 97.1 Å². The molecule has 0 saturated carbocycles. The molecule has 3 nitrogen and oxygen atoms in total. The highest BCUT2D eigenvalue weighted by atomic mass is 19.4. The summed E-state index contributed by atoms with van der Waals surface area (Å²) in [6, 6.07) is 7.96. The Kier molecular flexibility index (Phi) is 8.23. The maximum Gasteiger partial charge on any atom is 0.433 e. The van der Waals surface area contributed by atoms with Crippen molar-refractivity contribution in [3.8, 4) is 23.0 Å². The van der Waals surface area contributed by atoms with E-state index in [4.69, 9.17) is 4.74 Å². The Balaban J connectivity index is 1.64. The van der Waals surface area contributed by atoms with E-state index in [2.05, 4.69) is 0 Å². The molecule has 0 radical (unpaired) electrons. The number of alkyl halides is 12. The van der Waals surface area contributed by atoms with E-state index in [1.54, 1.807) is 0 Å². The van der Waals surface area contributed by atoms with Crippen LogP contribution >= 0.6 is 0 Å². The van der Waals surface area contributed by atoms with Crippen molar-refractivity contribution in [2.45, 2.75) is 35.5 Å². The fourth-order valence-corrected chi connectivity index (χ4v) is 4.43. The average molecular weight is 654 g/mol. The van der Waals surface area contributed by atoms with Gasteiger partial charge in [-0.05, 0) is 72.8 Å². The second-order valence-electron chi connectivity index (χ2n) is 9.71. The molecular weight excluding hydrogens is 636 g/mol. The summed E-state index contributed by atoms with van der Waals surface area (Å²) in [5, 5.41) is 18.5. The maximum atomic E-state index is 15.5. The van der Waals surface area contributed by atoms with E-state index in [0.717, 1.165) is 0 Å². The zero-order chi connectivity index (χ0) is 33.6. The summed E-state index contributed by atoms with van der Waals surface area (Å²) in [5.41, 5.74) is -16.5. The lowest BCUT2D eigenvalue weighted by Gasteiger charge is -2.35. The quantitative estimate of drug-likeness (QED) is 0.186. The highest BCUT2D eigenvalue weighted by Crippen LogP contribution is 2.58. The summed E-state index contributed by atoms with van der Waals surface area (Å²) >= 11 is 0. The van der Waals surface area contributed by atoms with E-state index in [1.807, 2.05) is 0 Å². The second-order valence-corrected chi connectivity index (χ2v) is 9.71. The van der Waals surface area contributed by atoms with Gasteiger partial charge in [-0.1, -0.05) is 24.3 Å². The van der Waals surface area contributed by atoms with Crippen molar-refractivity contribution < 1.29 is 67.6 Å². The number of benzene rings is 4. The number of hydrogen-bond acceptors (Lipinski definition) is 3. The smallest absolute Gasteiger partial charge is 0.433 e. The normalized spacial score (nSPS) is 15.6. The van der Waals surface area contributed by atoms with Crippen LogP contribution in [0.2, 0.25) is 0 Å². The molecule has 4 aromatic carbocycles. The first-order valence-corrected chi connectivity index (χ1v) is 12.4. The van der Waals surface area contributed by atoms with Crippen molar-refractivity contribution in [1.82, 2.24) is 0 Å². The molecule has 0 bridgehead atoms. The van der Waals surface area contributed by atoms with Crippen LogP contribution in [0.1, 0.15) is 22.3 Å². The third-order valence-corrected chi connectivity index (χ3v) is 6.85. The Hall–Kier alpha value is -4.56. The lowest BCUT2D eigenvalue weighted by Crippen LogP contribution is -2.51. The van der Waals surface area contributed by atoms with Gasteiger partial charge in [-0.15, -0.1) is 0 Å². The fourth-order valence-electron chi connectivity index (χ4n) is 4.43. The molecule has 45 heavy (non-hydrogen) atoms. The molecule has 4 rings (SSSR count). The molecule has 15 heteroatoms. The molecule has 0 aliphatic heterocycles. The average Bonchev–Trinajstić information content (AvgIpc) is 2.96. The van der Waals surface area contributed by atoms with Gasteiger partial charge in [0.05, 0.1) is 0 Å². The van der Waals surface area contributed by atoms with Crippen molar-refractivity contribution in [3.63, 3.8) is 0 Å². The standard InChI is InChI=1S/C30H18F12O3/c31-25(29(37,38)39,27(33,34)19-1-9-21(43)10-2-19)17-5-13-23(14-6-17)45-24-15-7-18(8-16-24)26(32,30(40,41)42)28(35,36)20-3-11-22(44)12-4-20/h1-16,43-44H. The molecule has 0 aliphatic rings. The topological polar surface area (TPSA) is 49.7 Å². The van der Waals surface area contributed by atoms with Crippen LogP contribution in [-0.4, -0.2) is 22.6 Å². The number of hydrogen-bond donors (Lipinski definition) is 2. The minimum atomic E-state index is -6.16. The van der Waals surface area contributed by atoms with E-state index >= 15 is 26.3 Å². The lowest BCUT2D eigenvalue weighted by atomic mass is 9.84. The second kappa shape index (κ2) is 11.1. The predicted octanol–water partition coefficient (Wildman–Crippen LogP) is 9.93. The SMILES string of the molecule is Oc1ccc(C(F)(F)C(F)(c2ccc(Oc3ccc(C(F)(C(F)(F)F)C(F)(F)c4ccc(O)cc4)cc3)cc2)C(F)(F)F)cc1. The monoisotopic (exact) mass is 654 g/mol. The summed E-state index contributed by atoms with van der Waals surface area (Å²) in [6.45, 7) is 0. The number of phenols is 2. The molecule has 2 N–H and O–H groups in total. The molecule has 2 atom stereocenters. The Bertz CT molecular complexity index is 1490. The molecule has 0 spiro atoms. The van der Waals surface area contributed by atoms with Gasteiger partial charge < -0.3 is 14.9 Å². The lowest BCUT2D eigenvalue weighted by molar-refractivity contribution is -0.315. The van der Waals surface area contributed by atoms with Crippen LogP contribution < -0.4 is 4.74 Å². The van der Waals surface area contributed by atoms with Gasteiger partial charge >= 0.3 is 24.2 Å². The van der Waals surface area contributed by atoms with Gasteiger partial charge in [-0.3, -0.25) is 0 Å². The van der Waals surface area contributed by atoms with E-state index < -0.39 is 80.8 Å². The molecule has 0 fully saturated rings. The fraction of sp³-hybridized carbons (Fsp3) is 0.200. The molecular formula is C30H18F12O3. The first-order valence-electron chi connectivity index (χ1n) is 12.4. The Morgan fingerprint density at radius 3 is 0.844 bits per heavy atom. The third kappa shape index (κ3) is 5.59. The van der Waals surface area contributed by atoms with E-state index in [-0.39, 0.29) is 0 Å². The summed E-state index contributed by atoms with van der Waals surface area (Å²) < 4.78 is 179. The Morgan fingerprint density at radius 2 is 0.600 bits per heavy atom. The van der Waals surface area contributed by atoms with Crippen molar-refractivity contribution in [3.05, 3.63) is 119 Å². The Labute approximate surface area is 245 Å². The molecule has 0 aliphatic carbocycles. The summed E-state index contributed by atoms with van der Waals surface area (Å²) in [5.74, 6) is -12.4. The van der Waals surface area contributed by atoms with Gasteiger partial charge in [0.25, 0.3) is 11.3 Å². The summed E-state index contributed by atoms with van der Waals surface area (Å²) in [4.78, 5) is 0. The minimum Gasteiger partial charge on any atom is -0.508 e. The number of aromatic hydroxyl groups is 2. The largest absolute Gasteiger partial charge is 0.508 e. The highest BCUT2D eigenvalue weighted by molar-refractivity contribution is 5.42. The first-order chi connectivity index (χ1) is 20.7. The first kappa shape index (κ1) is 33.3. The zero-order valence-electron chi connectivity index (χ0n) is 22.1. The van der Waals surface area contributed by atoms with Crippen molar-refractivity contribution in [1.29, 1.82) is 0 Å². The molecule has 0 heterocycles. The molecule has 2 unspecified atom stereocenters. The minimum absolute atomic E-state index is 0.319. The Morgan fingerprint density at radius 1 is 0.356 bits per heavy atom. The van der Waals surface area contributed by atoms with Crippen molar-refractivity contribution in [2.75, 3.05) is 0 Å².